The number of nitrogens with zero attached hydrogens (tertiary/aromatic N) is 1. The van der Waals surface area contributed by atoms with Crippen molar-refractivity contribution >= 4 is 11.8 Å². The summed E-state index contributed by atoms with van der Waals surface area (Å²) in [6.45, 7) is 6.28. The molecule has 3 aromatic carbocycles. The van der Waals surface area contributed by atoms with Gasteiger partial charge in [-0.1, -0.05) is 91.0 Å². The van der Waals surface area contributed by atoms with Crippen molar-refractivity contribution in [3.8, 4) is 0 Å². The molecule has 0 saturated carbocycles. The van der Waals surface area contributed by atoms with Crippen LogP contribution >= 0.6 is 0 Å². The molecule has 172 valence electrons. The van der Waals surface area contributed by atoms with E-state index in [1.807, 2.05) is 112 Å². The van der Waals surface area contributed by atoms with E-state index < -0.39 is 11.6 Å². The molecule has 3 rings (SSSR count). The van der Waals surface area contributed by atoms with Gasteiger partial charge in [0.1, 0.15) is 6.04 Å². The van der Waals surface area contributed by atoms with Crippen molar-refractivity contribution in [1.82, 2.24) is 10.2 Å². The van der Waals surface area contributed by atoms with Crippen LogP contribution in [0.5, 0.6) is 0 Å². The highest BCUT2D eigenvalue weighted by Crippen LogP contribution is 2.18. The van der Waals surface area contributed by atoms with E-state index in [1.54, 1.807) is 4.90 Å². The maximum Gasteiger partial charge on any atom is 0.243 e. The van der Waals surface area contributed by atoms with Crippen LogP contribution in [0.15, 0.2) is 91.0 Å². The number of amides is 2. The van der Waals surface area contributed by atoms with Gasteiger partial charge in [0.05, 0.1) is 0 Å². The van der Waals surface area contributed by atoms with Crippen LogP contribution in [0.1, 0.15) is 43.9 Å². The standard InChI is InChI=1S/C29H34N2O2/c1-29(2,3)30-28(33)26(21-24-15-9-5-10-16-24)31(22-25-17-11-6-12-18-25)27(32)20-19-23-13-7-4-8-14-23/h4-18,26H,19-22H2,1-3H3,(H,30,33)/t26-/m0/s1. The maximum absolute atomic E-state index is 13.6. The number of rotatable bonds is 9. The smallest absolute Gasteiger partial charge is 0.243 e. The van der Waals surface area contributed by atoms with Crippen LogP contribution in [0.25, 0.3) is 0 Å². The SMILES string of the molecule is CC(C)(C)NC(=O)[C@H](Cc1ccccc1)N(Cc1ccccc1)C(=O)CCc1ccccc1. The Morgan fingerprint density at radius 2 is 1.24 bits per heavy atom. The van der Waals surface area contributed by atoms with Crippen molar-refractivity contribution in [2.24, 2.45) is 0 Å². The fraction of sp³-hybridized carbons (Fsp3) is 0.310. The fourth-order valence-electron chi connectivity index (χ4n) is 3.83. The molecular formula is C29H34N2O2. The first-order chi connectivity index (χ1) is 15.8. The summed E-state index contributed by atoms with van der Waals surface area (Å²) < 4.78 is 0. The van der Waals surface area contributed by atoms with E-state index in [1.165, 1.54) is 0 Å². The lowest BCUT2D eigenvalue weighted by Gasteiger charge is -2.34. The van der Waals surface area contributed by atoms with Crippen LogP contribution in [0.3, 0.4) is 0 Å². The van der Waals surface area contributed by atoms with Gasteiger partial charge in [-0.3, -0.25) is 9.59 Å². The van der Waals surface area contributed by atoms with Crippen LogP contribution in [0.4, 0.5) is 0 Å². The molecule has 0 bridgehead atoms. The molecular weight excluding hydrogens is 408 g/mol. The van der Waals surface area contributed by atoms with Gasteiger partial charge in [0.15, 0.2) is 0 Å². The monoisotopic (exact) mass is 442 g/mol. The zero-order chi connectivity index (χ0) is 23.7. The number of nitrogens with one attached hydrogen (secondary N) is 1. The van der Waals surface area contributed by atoms with Gasteiger partial charge >= 0.3 is 0 Å². The first kappa shape index (κ1) is 24.2. The molecule has 4 heteroatoms. The third-order valence-corrected chi connectivity index (χ3v) is 5.44. The second-order valence-electron chi connectivity index (χ2n) is 9.44. The Labute approximate surface area is 197 Å². The first-order valence-corrected chi connectivity index (χ1v) is 11.5. The number of carbonyl (C=O) groups excluding carboxylic acids is 2. The predicted molar refractivity (Wildman–Crippen MR) is 134 cm³/mol. The van der Waals surface area contributed by atoms with Crippen molar-refractivity contribution < 1.29 is 9.59 Å². The molecule has 0 aromatic heterocycles. The van der Waals surface area contributed by atoms with Gasteiger partial charge in [-0.2, -0.15) is 0 Å². The zero-order valence-corrected chi connectivity index (χ0v) is 19.8. The molecule has 33 heavy (non-hydrogen) atoms. The van der Waals surface area contributed by atoms with Crippen molar-refractivity contribution in [2.45, 2.75) is 58.2 Å². The van der Waals surface area contributed by atoms with Gasteiger partial charge < -0.3 is 10.2 Å². The average Bonchev–Trinajstić information content (AvgIpc) is 2.80. The largest absolute Gasteiger partial charge is 0.350 e. The Morgan fingerprint density at radius 3 is 1.76 bits per heavy atom. The minimum absolute atomic E-state index is 0.0207. The summed E-state index contributed by atoms with van der Waals surface area (Å²) in [5.41, 5.74) is 2.76. The van der Waals surface area contributed by atoms with Gasteiger partial charge in [0, 0.05) is 24.9 Å². The van der Waals surface area contributed by atoms with Gasteiger partial charge in [-0.25, -0.2) is 0 Å². The van der Waals surface area contributed by atoms with E-state index in [2.05, 4.69) is 5.32 Å². The zero-order valence-electron chi connectivity index (χ0n) is 19.8. The van der Waals surface area contributed by atoms with E-state index >= 15 is 0 Å². The number of aryl methyl sites for hydroxylation is 1. The third-order valence-electron chi connectivity index (χ3n) is 5.44. The van der Waals surface area contributed by atoms with Crippen molar-refractivity contribution in [2.75, 3.05) is 0 Å². The van der Waals surface area contributed by atoms with Gasteiger partial charge in [0.25, 0.3) is 0 Å². The average molecular weight is 443 g/mol. The van der Waals surface area contributed by atoms with E-state index in [0.717, 1.165) is 16.7 Å². The minimum atomic E-state index is -0.602. The molecule has 3 aromatic rings. The molecule has 0 aliphatic rings. The van der Waals surface area contributed by atoms with E-state index in [9.17, 15) is 9.59 Å². The lowest BCUT2D eigenvalue weighted by molar-refractivity contribution is -0.141. The summed E-state index contributed by atoms with van der Waals surface area (Å²) in [5, 5.41) is 3.10. The highest BCUT2D eigenvalue weighted by atomic mass is 16.2. The maximum atomic E-state index is 13.6. The Balaban J connectivity index is 1.90. The number of hydrogen-bond acceptors (Lipinski definition) is 2. The summed E-state index contributed by atoms with van der Waals surface area (Å²) >= 11 is 0. The van der Waals surface area contributed by atoms with Gasteiger partial charge in [0.2, 0.25) is 11.8 Å². The molecule has 0 unspecified atom stereocenters. The third kappa shape index (κ3) is 7.90. The molecule has 0 saturated heterocycles. The topological polar surface area (TPSA) is 49.4 Å². The first-order valence-electron chi connectivity index (χ1n) is 11.5. The molecule has 1 N–H and O–H groups in total. The number of carbonyl (C=O) groups is 2. The highest BCUT2D eigenvalue weighted by Gasteiger charge is 2.32. The molecule has 0 heterocycles. The Hall–Kier alpha value is -3.40. The van der Waals surface area contributed by atoms with Crippen molar-refractivity contribution in [3.05, 3.63) is 108 Å². The van der Waals surface area contributed by atoms with Crippen molar-refractivity contribution in [3.63, 3.8) is 0 Å². The van der Waals surface area contributed by atoms with E-state index in [4.69, 9.17) is 0 Å². The number of benzene rings is 3. The van der Waals surface area contributed by atoms with Crippen LogP contribution in [-0.2, 0) is 29.0 Å². The molecule has 0 radical (unpaired) electrons. The Kier molecular flexibility index (Phi) is 8.42. The summed E-state index contributed by atoms with van der Waals surface area (Å²) in [6, 6.07) is 29.2. The normalized spacial score (nSPS) is 12.1. The van der Waals surface area contributed by atoms with E-state index in [-0.39, 0.29) is 11.8 Å². The van der Waals surface area contributed by atoms with E-state index in [0.29, 0.717) is 25.8 Å². The molecule has 4 nitrogen and oxygen atoms in total. The van der Waals surface area contributed by atoms with Crippen molar-refractivity contribution in [1.29, 1.82) is 0 Å². The van der Waals surface area contributed by atoms with Crippen LogP contribution < -0.4 is 5.32 Å². The summed E-state index contributed by atoms with van der Waals surface area (Å²) in [5.74, 6) is -0.150. The summed E-state index contributed by atoms with van der Waals surface area (Å²) in [6.07, 6.45) is 1.46. The highest BCUT2D eigenvalue weighted by molar-refractivity contribution is 5.88. The minimum Gasteiger partial charge on any atom is -0.350 e. The fourth-order valence-corrected chi connectivity index (χ4v) is 3.83. The Bertz CT molecular complexity index is 1010. The molecule has 2 amide bonds. The molecule has 0 aliphatic heterocycles. The molecule has 0 aliphatic carbocycles. The molecule has 0 spiro atoms. The second kappa shape index (κ2) is 11.5. The summed E-state index contributed by atoms with van der Waals surface area (Å²) in [7, 11) is 0. The van der Waals surface area contributed by atoms with Gasteiger partial charge in [-0.15, -0.1) is 0 Å². The number of hydrogen-bond donors (Lipinski definition) is 1. The predicted octanol–water partition coefficient (Wildman–Crippen LogP) is 5.17. The second-order valence-corrected chi connectivity index (χ2v) is 9.44. The van der Waals surface area contributed by atoms with Crippen LogP contribution in [0.2, 0.25) is 0 Å². The molecule has 0 fully saturated rings. The lowest BCUT2D eigenvalue weighted by atomic mass is 10.00. The Morgan fingerprint density at radius 1 is 0.758 bits per heavy atom. The summed E-state index contributed by atoms with van der Waals surface area (Å²) in [4.78, 5) is 28.8. The van der Waals surface area contributed by atoms with Gasteiger partial charge in [-0.05, 0) is 43.9 Å². The van der Waals surface area contributed by atoms with Crippen LogP contribution in [-0.4, -0.2) is 28.3 Å². The van der Waals surface area contributed by atoms with Crippen LogP contribution in [0, 0.1) is 0 Å². The molecule has 1 atom stereocenters. The lowest BCUT2D eigenvalue weighted by Crippen LogP contribution is -2.54. The quantitative estimate of drug-likeness (QED) is 0.497.